The van der Waals surface area contributed by atoms with Gasteiger partial charge in [0.25, 0.3) is 0 Å². The second-order valence-electron chi connectivity index (χ2n) is 5.11. The van der Waals surface area contributed by atoms with Gasteiger partial charge in [0.1, 0.15) is 11.6 Å². The molecule has 4 nitrogen and oxygen atoms in total. The maximum absolute atomic E-state index is 9.00. The lowest BCUT2D eigenvalue weighted by Crippen LogP contribution is -2.08. The normalized spacial score (nSPS) is 10.8. The highest BCUT2D eigenvalue weighted by molar-refractivity contribution is 5.34. The van der Waals surface area contributed by atoms with Gasteiger partial charge < -0.3 is 10.4 Å². The maximum Gasteiger partial charge on any atom is 0.133 e. The maximum atomic E-state index is 9.00. The predicted molar refractivity (Wildman–Crippen MR) is 80.7 cm³/mol. The number of nitrogens with one attached hydrogen (secondary N) is 1. The van der Waals surface area contributed by atoms with Gasteiger partial charge in [0, 0.05) is 18.7 Å². The molecule has 0 saturated heterocycles. The Morgan fingerprint density at radius 3 is 2.45 bits per heavy atom. The predicted octanol–water partition coefficient (Wildman–Crippen LogP) is 2.75. The third-order valence-corrected chi connectivity index (χ3v) is 3.12. The van der Waals surface area contributed by atoms with E-state index in [1.54, 1.807) is 6.20 Å². The molecule has 0 amide bonds. The number of hydrogen-bond acceptors (Lipinski definition) is 4. The number of aliphatic hydroxyl groups is 1. The summed E-state index contributed by atoms with van der Waals surface area (Å²) in [7, 11) is 0. The smallest absolute Gasteiger partial charge is 0.133 e. The Kier molecular flexibility index (Phi) is 5.07. The topological polar surface area (TPSA) is 58.0 Å². The van der Waals surface area contributed by atoms with Gasteiger partial charge >= 0.3 is 0 Å². The Morgan fingerprint density at radius 2 is 1.80 bits per heavy atom. The van der Waals surface area contributed by atoms with Crippen molar-refractivity contribution in [1.82, 2.24) is 9.97 Å². The summed E-state index contributed by atoms with van der Waals surface area (Å²) in [6, 6.07) is 9.90. The first-order valence-corrected chi connectivity index (χ1v) is 6.94. The molecule has 0 unspecified atom stereocenters. The minimum atomic E-state index is 0.0947. The average molecular weight is 271 g/mol. The molecule has 0 bridgehead atoms. The summed E-state index contributed by atoms with van der Waals surface area (Å²) in [5.74, 6) is 2.07. The van der Waals surface area contributed by atoms with E-state index in [4.69, 9.17) is 5.11 Å². The molecular weight excluding hydrogens is 250 g/mol. The van der Waals surface area contributed by atoms with Crippen LogP contribution >= 0.6 is 0 Å². The molecule has 0 spiro atoms. The van der Waals surface area contributed by atoms with Crippen molar-refractivity contribution < 1.29 is 5.11 Å². The Hall–Kier alpha value is -1.94. The molecule has 0 saturated carbocycles. The van der Waals surface area contributed by atoms with Crippen LogP contribution in [0.3, 0.4) is 0 Å². The number of hydrogen-bond donors (Lipinski definition) is 2. The lowest BCUT2D eigenvalue weighted by molar-refractivity contribution is 0.282. The SMILES string of the molecule is CC(C)c1nccc(NCCc2ccc(CO)cc2)n1. The van der Waals surface area contributed by atoms with Gasteiger partial charge in [-0.05, 0) is 23.6 Å². The van der Waals surface area contributed by atoms with E-state index in [-0.39, 0.29) is 6.61 Å². The van der Waals surface area contributed by atoms with Crippen LogP contribution in [0, 0.1) is 0 Å². The summed E-state index contributed by atoms with van der Waals surface area (Å²) >= 11 is 0. The quantitative estimate of drug-likeness (QED) is 0.848. The fourth-order valence-corrected chi connectivity index (χ4v) is 1.90. The molecule has 1 aromatic heterocycles. The zero-order chi connectivity index (χ0) is 14.4. The largest absolute Gasteiger partial charge is 0.392 e. The number of rotatable bonds is 6. The summed E-state index contributed by atoms with van der Waals surface area (Å²) in [6.07, 6.45) is 2.72. The van der Waals surface area contributed by atoms with Gasteiger partial charge in [-0.25, -0.2) is 9.97 Å². The van der Waals surface area contributed by atoms with Crippen LogP contribution < -0.4 is 5.32 Å². The lowest BCUT2D eigenvalue weighted by Gasteiger charge is -2.08. The fourth-order valence-electron chi connectivity index (χ4n) is 1.90. The molecule has 0 radical (unpaired) electrons. The van der Waals surface area contributed by atoms with Gasteiger partial charge in [-0.1, -0.05) is 38.1 Å². The van der Waals surface area contributed by atoms with Crippen molar-refractivity contribution in [2.24, 2.45) is 0 Å². The molecule has 0 fully saturated rings. The molecule has 1 heterocycles. The van der Waals surface area contributed by atoms with Crippen LogP contribution in [-0.2, 0) is 13.0 Å². The summed E-state index contributed by atoms with van der Waals surface area (Å²) in [5, 5.41) is 12.3. The van der Waals surface area contributed by atoms with Crippen LogP contribution in [-0.4, -0.2) is 21.6 Å². The van der Waals surface area contributed by atoms with Crippen molar-refractivity contribution in [2.75, 3.05) is 11.9 Å². The zero-order valence-corrected chi connectivity index (χ0v) is 12.0. The van der Waals surface area contributed by atoms with Crippen molar-refractivity contribution in [1.29, 1.82) is 0 Å². The van der Waals surface area contributed by atoms with Gasteiger partial charge in [-0.3, -0.25) is 0 Å². The highest BCUT2D eigenvalue weighted by Crippen LogP contribution is 2.11. The van der Waals surface area contributed by atoms with Gasteiger partial charge in [-0.2, -0.15) is 0 Å². The average Bonchev–Trinajstić information content (AvgIpc) is 2.48. The lowest BCUT2D eigenvalue weighted by atomic mass is 10.1. The monoisotopic (exact) mass is 271 g/mol. The number of aliphatic hydroxyl groups excluding tert-OH is 1. The van der Waals surface area contributed by atoms with Gasteiger partial charge in [0.2, 0.25) is 0 Å². The van der Waals surface area contributed by atoms with Crippen molar-refractivity contribution in [2.45, 2.75) is 32.8 Å². The first-order valence-electron chi connectivity index (χ1n) is 6.94. The van der Waals surface area contributed by atoms with E-state index in [1.165, 1.54) is 5.56 Å². The number of aromatic nitrogens is 2. The first-order chi connectivity index (χ1) is 9.69. The van der Waals surface area contributed by atoms with E-state index in [1.807, 2.05) is 30.3 Å². The van der Waals surface area contributed by atoms with Crippen molar-refractivity contribution in [3.05, 3.63) is 53.5 Å². The number of anilines is 1. The second-order valence-corrected chi connectivity index (χ2v) is 5.11. The summed E-state index contributed by atoms with van der Waals surface area (Å²) in [4.78, 5) is 8.72. The van der Waals surface area contributed by atoms with Crippen LogP contribution in [0.2, 0.25) is 0 Å². The first kappa shape index (κ1) is 14.5. The highest BCUT2D eigenvalue weighted by atomic mass is 16.3. The standard InChI is InChI=1S/C16H21N3O/c1-12(2)16-18-10-8-15(19-16)17-9-7-13-3-5-14(11-20)6-4-13/h3-6,8,10,12,20H,7,9,11H2,1-2H3,(H,17,18,19). The molecule has 0 aliphatic heterocycles. The van der Waals surface area contributed by atoms with E-state index in [9.17, 15) is 0 Å². The van der Waals surface area contributed by atoms with E-state index < -0.39 is 0 Å². The van der Waals surface area contributed by atoms with E-state index in [0.717, 1.165) is 30.2 Å². The molecule has 4 heteroatoms. The van der Waals surface area contributed by atoms with E-state index in [2.05, 4.69) is 29.1 Å². The summed E-state index contributed by atoms with van der Waals surface area (Å²) in [6.45, 7) is 5.09. The van der Waals surface area contributed by atoms with Gasteiger partial charge in [-0.15, -0.1) is 0 Å². The Labute approximate surface area is 119 Å². The minimum absolute atomic E-state index is 0.0947. The molecule has 2 N–H and O–H groups in total. The van der Waals surface area contributed by atoms with Crippen molar-refractivity contribution in [3.8, 4) is 0 Å². The molecule has 106 valence electrons. The number of nitrogens with zero attached hydrogens (tertiary/aromatic N) is 2. The van der Waals surface area contributed by atoms with Crippen LogP contribution in [0.4, 0.5) is 5.82 Å². The molecule has 20 heavy (non-hydrogen) atoms. The zero-order valence-electron chi connectivity index (χ0n) is 12.0. The molecule has 0 atom stereocenters. The molecule has 0 aliphatic carbocycles. The molecule has 0 aliphatic rings. The minimum Gasteiger partial charge on any atom is -0.392 e. The van der Waals surface area contributed by atoms with E-state index >= 15 is 0 Å². The van der Waals surface area contributed by atoms with E-state index in [0.29, 0.717) is 5.92 Å². The van der Waals surface area contributed by atoms with Gasteiger partial charge in [0.15, 0.2) is 0 Å². The third-order valence-electron chi connectivity index (χ3n) is 3.12. The Bertz CT molecular complexity index is 538. The highest BCUT2D eigenvalue weighted by Gasteiger charge is 2.03. The Morgan fingerprint density at radius 1 is 1.10 bits per heavy atom. The van der Waals surface area contributed by atoms with Crippen LogP contribution in [0.25, 0.3) is 0 Å². The van der Waals surface area contributed by atoms with Crippen molar-refractivity contribution in [3.63, 3.8) is 0 Å². The molecular formula is C16H21N3O. The number of benzene rings is 1. The molecule has 2 aromatic rings. The second kappa shape index (κ2) is 7.01. The summed E-state index contributed by atoms with van der Waals surface area (Å²) in [5.41, 5.74) is 2.19. The summed E-state index contributed by atoms with van der Waals surface area (Å²) < 4.78 is 0. The fraction of sp³-hybridized carbons (Fsp3) is 0.375. The Balaban J connectivity index is 1.87. The van der Waals surface area contributed by atoms with Crippen LogP contribution in [0.15, 0.2) is 36.5 Å². The van der Waals surface area contributed by atoms with Crippen molar-refractivity contribution >= 4 is 5.82 Å². The molecule has 1 aromatic carbocycles. The van der Waals surface area contributed by atoms with Gasteiger partial charge in [0.05, 0.1) is 6.61 Å². The third kappa shape index (κ3) is 4.03. The van der Waals surface area contributed by atoms with Crippen LogP contribution in [0.1, 0.15) is 36.7 Å². The molecule has 2 rings (SSSR count). The van der Waals surface area contributed by atoms with Crippen LogP contribution in [0.5, 0.6) is 0 Å².